The lowest BCUT2D eigenvalue weighted by atomic mass is 10.0. The summed E-state index contributed by atoms with van der Waals surface area (Å²) >= 11 is 0. The Morgan fingerprint density at radius 1 is 0.810 bits per heavy atom. The Morgan fingerprint density at radius 2 is 1.33 bits per heavy atom. The lowest BCUT2D eigenvalue weighted by molar-refractivity contribution is 0.0625. The molecule has 0 spiro atoms. The number of hydrogen-bond donors (Lipinski definition) is 0. The van der Waals surface area contributed by atoms with Gasteiger partial charge in [0.25, 0.3) is 0 Å². The van der Waals surface area contributed by atoms with E-state index in [-0.39, 0.29) is 5.60 Å². The van der Waals surface area contributed by atoms with Crippen molar-refractivity contribution in [1.29, 1.82) is 0 Å². The van der Waals surface area contributed by atoms with E-state index in [1.54, 1.807) is 6.26 Å². The van der Waals surface area contributed by atoms with Crippen LogP contribution in [0.2, 0.25) is 0 Å². The fraction of sp³-hybridized carbons (Fsp3) is 0.200. The summed E-state index contributed by atoms with van der Waals surface area (Å²) in [7, 11) is 0. The number of hydrogen-bond acceptors (Lipinski definition) is 1. The van der Waals surface area contributed by atoms with E-state index in [1.165, 1.54) is 5.56 Å². The Morgan fingerprint density at radius 3 is 1.90 bits per heavy atom. The highest BCUT2D eigenvalue weighted by Gasteiger charge is 2.15. The Bertz CT molecular complexity index is 526. The molecule has 0 N–H and O–H groups in total. The fourth-order valence-corrected chi connectivity index (χ4v) is 1.95. The van der Waals surface area contributed by atoms with Crippen molar-refractivity contribution in [3.8, 4) is 0 Å². The first kappa shape index (κ1) is 15.1. The number of benzene rings is 2. The predicted molar refractivity (Wildman–Crippen MR) is 90.7 cm³/mol. The molecule has 0 fully saturated rings. The molecule has 2 aromatic rings. The van der Waals surface area contributed by atoms with Crippen molar-refractivity contribution in [2.45, 2.75) is 25.9 Å². The third kappa shape index (κ3) is 5.70. The summed E-state index contributed by atoms with van der Waals surface area (Å²) < 4.78 is 5.84. The van der Waals surface area contributed by atoms with Gasteiger partial charge in [-0.2, -0.15) is 0 Å². The summed E-state index contributed by atoms with van der Waals surface area (Å²) in [6.07, 6.45) is 8.92. The molecule has 2 aromatic carbocycles. The maximum absolute atomic E-state index is 5.84. The Balaban J connectivity index is 1.84. The highest BCUT2D eigenvalue weighted by Crippen LogP contribution is 2.17. The SMILES string of the molecule is CC(C)(CC=Cc1ccccc1)OC=Cc1ccccc1. The first-order valence-electron chi connectivity index (χ1n) is 7.27. The minimum atomic E-state index is -0.212. The standard InChI is InChI=1S/C20H22O/c1-20(2,16-9-14-18-10-5-3-6-11-18)21-17-15-19-12-7-4-8-13-19/h3-15,17H,16H2,1-2H3. The van der Waals surface area contributed by atoms with Crippen molar-refractivity contribution >= 4 is 12.2 Å². The molecule has 0 saturated heterocycles. The lowest BCUT2D eigenvalue weighted by Crippen LogP contribution is -2.20. The largest absolute Gasteiger partial charge is 0.495 e. The quantitative estimate of drug-likeness (QED) is 0.629. The van der Waals surface area contributed by atoms with Gasteiger partial charge in [-0.3, -0.25) is 0 Å². The molecule has 0 amide bonds. The summed E-state index contributed by atoms with van der Waals surface area (Å²) in [5.74, 6) is 0. The molecule has 2 rings (SSSR count). The van der Waals surface area contributed by atoms with Crippen molar-refractivity contribution < 1.29 is 4.74 Å². The molecule has 1 nitrogen and oxygen atoms in total. The highest BCUT2D eigenvalue weighted by molar-refractivity contribution is 5.49. The molecule has 0 saturated carbocycles. The minimum Gasteiger partial charge on any atom is -0.495 e. The minimum absolute atomic E-state index is 0.212. The van der Waals surface area contributed by atoms with Crippen LogP contribution in [0.1, 0.15) is 31.4 Å². The number of ether oxygens (including phenoxy) is 1. The van der Waals surface area contributed by atoms with Crippen LogP contribution in [-0.4, -0.2) is 5.60 Å². The van der Waals surface area contributed by atoms with Crippen LogP contribution >= 0.6 is 0 Å². The highest BCUT2D eigenvalue weighted by atomic mass is 16.5. The zero-order chi connectivity index (χ0) is 15.0. The van der Waals surface area contributed by atoms with E-state index in [4.69, 9.17) is 4.74 Å². The first-order chi connectivity index (χ1) is 10.2. The van der Waals surface area contributed by atoms with Gasteiger partial charge in [0.15, 0.2) is 0 Å². The molecule has 21 heavy (non-hydrogen) atoms. The van der Waals surface area contributed by atoms with Crippen LogP contribution in [0.5, 0.6) is 0 Å². The maximum Gasteiger partial charge on any atom is 0.106 e. The van der Waals surface area contributed by atoms with Gasteiger partial charge in [-0.25, -0.2) is 0 Å². The molecular weight excluding hydrogens is 256 g/mol. The summed E-state index contributed by atoms with van der Waals surface area (Å²) in [6.45, 7) is 4.19. The van der Waals surface area contributed by atoms with E-state index in [1.807, 2.05) is 42.5 Å². The Kier molecular flexibility index (Phi) is 5.39. The van der Waals surface area contributed by atoms with Crippen LogP contribution in [0.4, 0.5) is 0 Å². The van der Waals surface area contributed by atoms with Crippen molar-refractivity contribution in [3.05, 3.63) is 84.1 Å². The Labute approximate surface area is 127 Å². The van der Waals surface area contributed by atoms with Crippen molar-refractivity contribution in [1.82, 2.24) is 0 Å². The van der Waals surface area contributed by atoms with Gasteiger partial charge >= 0.3 is 0 Å². The predicted octanol–water partition coefficient (Wildman–Crippen LogP) is 5.56. The van der Waals surface area contributed by atoms with Gasteiger partial charge in [-0.1, -0.05) is 72.8 Å². The van der Waals surface area contributed by atoms with Gasteiger partial charge in [-0.05, 0) is 31.1 Å². The van der Waals surface area contributed by atoms with Gasteiger partial charge in [0.05, 0.1) is 6.26 Å². The molecule has 0 heterocycles. The van der Waals surface area contributed by atoms with E-state index in [0.717, 1.165) is 12.0 Å². The van der Waals surface area contributed by atoms with Crippen LogP contribution < -0.4 is 0 Å². The van der Waals surface area contributed by atoms with Gasteiger partial charge in [0, 0.05) is 6.42 Å². The molecule has 108 valence electrons. The van der Waals surface area contributed by atoms with Crippen molar-refractivity contribution in [2.75, 3.05) is 0 Å². The zero-order valence-corrected chi connectivity index (χ0v) is 12.7. The molecule has 0 aliphatic carbocycles. The topological polar surface area (TPSA) is 9.23 Å². The van der Waals surface area contributed by atoms with E-state index < -0.39 is 0 Å². The van der Waals surface area contributed by atoms with Gasteiger partial charge < -0.3 is 4.74 Å². The fourth-order valence-electron chi connectivity index (χ4n) is 1.95. The van der Waals surface area contributed by atoms with Gasteiger partial charge in [0.1, 0.15) is 5.60 Å². The van der Waals surface area contributed by atoms with Crippen molar-refractivity contribution in [2.24, 2.45) is 0 Å². The summed E-state index contributed by atoms with van der Waals surface area (Å²) in [5, 5.41) is 0. The summed E-state index contributed by atoms with van der Waals surface area (Å²) in [4.78, 5) is 0. The monoisotopic (exact) mass is 278 g/mol. The molecule has 0 aromatic heterocycles. The molecule has 0 aliphatic heterocycles. The molecule has 0 unspecified atom stereocenters. The van der Waals surface area contributed by atoms with Crippen LogP contribution in [0.15, 0.2) is 73.0 Å². The van der Waals surface area contributed by atoms with E-state index in [0.29, 0.717) is 0 Å². The normalized spacial score (nSPS) is 12.1. The molecular formula is C20H22O. The van der Waals surface area contributed by atoms with Crippen LogP contribution in [-0.2, 0) is 4.74 Å². The molecule has 1 heteroatoms. The zero-order valence-electron chi connectivity index (χ0n) is 12.7. The second-order valence-corrected chi connectivity index (χ2v) is 5.61. The number of rotatable bonds is 6. The molecule has 0 radical (unpaired) electrons. The first-order valence-corrected chi connectivity index (χ1v) is 7.27. The van der Waals surface area contributed by atoms with Gasteiger partial charge in [-0.15, -0.1) is 0 Å². The average Bonchev–Trinajstić information content (AvgIpc) is 2.49. The molecule has 0 atom stereocenters. The second-order valence-electron chi connectivity index (χ2n) is 5.61. The second kappa shape index (κ2) is 7.49. The lowest BCUT2D eigenvalue weighted by Gasteiger charge is -2.22. The van der Waals surface area contributed by atoms with E-state index in [2.05, 4.69) is 50.3 Å². The third-order valence-electron chi connectivity index (χ3n) is 3.17. The molecule has 0 bridgehead atoms. The van der Waals surface area contributed by atoms with Crippen LogP contribution in [0.3, 0.4) is 0 Å². The van der Waals surface area contributed by atoms with Gasteiger partial charge in [0.2, 0.25) is 0 Å². The maximum atomic E-state index is 5.84. The Hall–Kier alpha value is -2.28. The van der Waals surface area contributed by atoms with Crippen LogP contribution in [0, 0.1) is 0 Å². The van der Waals surface area contributed by atoms with E-state index in [9.17, 15) is 0 Å². The average molecular weight is 278 g/mol. The van der Waals surface area contributed by atoms with Crippen LogP contribution in [0.25, 0.3) is 12.2 Å². The molecule has 0 aliphatic rings. The summed E-state index contributed by atoms with van der Waals surface area (Å²) in [5.41, 5.74) is 2.15. The summed E-state index contributed by atoms with van der Waals surface area (Å²) in [6, 6.07) is 20.5. The van der Waals surface area contributed by atoms with Crippen molar-refractivity contribution in [3.63, 3.8) is 0 Å². The third-order valence-corrected chi connectivity index (χ3v) is 3.17. The van der Waals surface area contributed by atoms with E-state index >= 15 is 0 Å². The smallest absolute Gasteiger partial charge is 0.106 e.